The lowest BCUT2D eigenvalue weighted by Gasteiger charge is -2.43. The summed E-state index contributed by atoms with van der Waals surface area (Å²) in [5.41, 5.74) is 9.37. The van der Waals surface area contributed by atoms with Crippen LogP contribution in [0.5, 0.6) is 0 Å². The second-order valence-corrected chi connectivity index (χ2v) is 8.57. The maximum Gasteiger partial charge on any atom is 0.227 e. The highest BCUT2D eigenvalue weighted by Crippen LogP contribution is 2.42. The Morgan fingerprint density at radius 1 is 1.22 bits per heavy atom. The summed E-state index contributed by atoms with van der Waals surface area (Å²) in [4.78, 5) is 26.9. The maximum atomic E-state index is 12.9. The molecule has 5 heteroatoms. The van der Waals surface area contributed by atoms with Gasteiger partial charge in [-0.2, -0.15) is 0 Å². The van der Waals surface area contributed by atoms with E-state index in [1.807, 2.05) is 17.0 Å². The van der Waals surface area contributed by atoms with Gasteiger partial charge in [0.05, 0.1) is 0 Å². The van der Waals surface area contributed by atoms with Crippen molar-refractivity contribution in [3.63, 3.8) is 0 Å². The predicted octanol–water partition coefficient (Wildman–Crippen LogP) is 3.47. The zero-order chi connectivity index (χ0) is 19.0. The van der Waals surface area contributed by atoms with Crippen molar-refractivity contribution in [3.05, 3.63) is 23.8 Å². The minimum atomic E-state index is 0.0781. The van der Waals surface area contributed by atoms with E-state index in [0.29, 0.717) is 18.3 Å². The van der Waals surface area contributed by atoms with E-state index in [4.69, 9.17) is 5.73 Å². The van der Waals surface area contributed by atoms with E-state index in [1.54, 1.807) is 0 Å². The standard InChI is InChI=1S/C22H31N3O2/c1-2-10-25-19-8-7-18(13-14(19)6-9-20(25)26)24-22(27)17-11-15-4-3-5-16(12-17)21(15)23/h7-8,13,15-17,21H,2-6,9-12,23H2,1H3,(H,24,27). The fraction of sp³-hybridized carbons (Fsp3) is 0.636. The number of hydrogen-bond acceptors (Lipinski definition) is 3. The minimum absolute atomic E-state index is 0.0781. The molecule has 1 aromatic rings. The van der Waals surface area contributed by atoms with Gasteiger partial charge in [0.25, 0.3) is 0 Å². The number of carbonyl (C=O) groups excluding carboxylic acids is 2. The molecule has 2 unspecified atom stereocenters. The first kappa shape index (κ1) is 18.5. The van der Waals surface area contributed by atoms with E-state index in [9.17, 15) is 9.59 Å². The van der Waals surface area contributed by atoms with Gasteiger partial charge in [-0.25, -0.2) is 0 Å². The van der Waals surface area contributed by atoms with Crippen LogP contribution < -0.4 is 16.0 Å². The molecule has 5 nitrogen and oxygen atoms in total. The Morgan fingerprint density at radius 2 is 1.96 bits per heavy atom. The van der Waals surface area contributed by atoms with Gasteiger partial charge in [-0.05, 0) is 74.1 Å². The van der Waals surface area contributed by atoms with E-state index in [0.717, 1.165) is 49.2 Å². The minimum Gasteiger partial charge on any atom is -0.327 e. The van der Waals surface area contributed by atoms with Crippen molar-refractivity contribution in [3.8, 4) is 0 Å². The molecular formula is C22H31N3O2. The van der Waals surface area contributed by atoms with E-state index in [2.05, 4.69) is 18.3 Å². The highest BCUT2D eigenvalue weighted by atomic mass is 16.2. The number of amides is 2. The van der Waals surface area contributed by atoms with Crippen LogP contribution in [0, 0.1) is 17.8 Å². The van der Waals surface area contributed by atoms with E-state index in [-0.39, 0.29) is 23.8 Å². The van der Waals surface area contributed by atoms with E-state index >= 15 is 0 Å². The average Bonchev–Trinajstić information content (AvgIpc) is 2.64. The zero-order valence-corrected chi connectivity index (χ0v) is 16.2. The zero-order valence-electron chi connectivity index (χ0n) is 16.2. The first-order valence-corrected chi connectivity index (χ1v) is 10.6. The summed E-state index contributed by atoms with van der Waals surface area (Å²) >= 11 is 0. The highest BCUT2D eigenvalue weighted by Gasteiger charge is 2.40. The number of nitrogens with one attached hydrogen (secondary N) is 1. The fourth-order valence-electron chi connectivity index (χ4n) is 5.35. The van der Waals surface area contributed by atoms with Crippen molar-refractivity contribution in [2.24, 2.45) is 23.5 Å². The number of rotatable bonds is 4. The van der Waals surface area contributed by atoms with Crippen LogP contribution in [0.2, 0.25) is 0 Å². The Labute approximate surface area is 161 Å². The molecule has 2 bridgehead atoms. The monoisotopic (exact) mass is 369 g/mol. The molecule has 2 aliphatic carbocycles. The molecule has 3 N–H and O–H groups in total. The lowest BCUT2D eigenvalue weighted by molar-refractivity contribution is -0.122. The summed E-state index contributed by atoms with van der Waals surface area (Å²) in [6.45, 7) is 2.84. The first-order valence-electron chi connectivity index (χ1n) is 10.6. The summed E-state index contributed by atoms with van der Waals surface area (Å²) in [7, 11) is 0. The van der Waals surface area contributed by atoms with Crippen LogP contribution >= 0.6 is 0 Å². The van der Waals surface area contributed by atoms with Crippen LogP contribution in [0.3, 0.4) is 0 Å². The summed E-state index contributed by atoms with van der Waals surface area (Å²) in [5, 5.41) is 3.14. The number of hydrogen-bond donors (Lipinski definition) is 2. The molecule has 1 heterocycles. The molecule has 1 aromatic carbocycles. The van der Waals surface area contributed by atoms with Crippen molar-refractivity contribution >= 4 is 23.2 Å². The first-order chi connectivity index (χ1) is 13.1. The number of anilines is 2. The third kappa shape index (κ3) is 3.62. The van der Waals surface area contributed by atoms with Gasteiger partial charge in [0.2, 0.25) is 11.8 Å². The number of aryl methyl sites for hydroxylation is 1. The van der Waals surface area contributed by atoms with Crippen LogP contribution in [-0.4, -0.2) is 24.4 Å². The molecule has 2 fully saturated rings. The molecule has 1 aliphatic heterocycles. The number of benzene rings is 1. The van der Waals surface area contributed by atoms with Gasteiger partial charge in [0.15, 0.2) is 0 Å². The summed E-state index contributed by atoms with van der Waals surface area (Å²) in [5.74, 6) is 1.42. The van der Waals surface area contributed by atoms with Crippen LogP contribution in [0.1, 0.15) is 57.4 Å². The normalized spacial score (nSPS) is 30.0. The van der Waals surface area contributed by atoms with Crippen molar-refractivity contribution in [2.75, 3.05) is 16.8 Å². The number of nitrogens with two attached hydrogens (primary N) is 1. The molecule has 27 heavy (non-hydrogen) atoms. The van der Waals surface area contributed by atoms with Crippen molar-refractivity contribution < 1.29 is 9.59 Å². The Hall–Kier alpha value is -1.88. The molecule has 3 aliphatic rings. The Balaban J connectivity index is 1.46. The molecule has 0 aromatic heterocycles. The van der Waals surface area contributed by atoms with Gasteiger partial charge >= 0.3 is 0 Å². The topological polar surface area (TPSA) is 75.4 Å². The third-order valence-electron chi connectivity index (χ3n) is 6.78. The van der Waals surface area contributed by atoms with Crippen molar-refractivity contribution in [2.45, 2.75) is 64.3 Å². The average molecular weight is 370 g/mol. The second kappa shape index (κ2) is 7.63. The maximum absolute atomic E-state index is 12.9. The molecule has 146 valence electrons. The number of nitrogens with zero attached hydrogens (tertiary/aromatic N) is 1. The largest absolute Gasteiger partial charge is 0.327 e. The lowest BCUT2D eigenvalue weighted by Crippen LogP contribution is -2.48. The fourth-order valence-corrected chi connectivity index (χ4v) is 5.35. The van der Waals surface area contributed by atoms with Crippen LogP contribution in [0.15, 0.2) is 18.2 Å². The van der Waals surface area contributed by atoms with Crippen LogP contribution in [0.25, 0.3) is 0 Å². The summed E-state index contributed by atoms with van der Waals surface area (Å²) < 4.78 is 0. The van der Waals surface area contributed by atoms with Gasteiger partial charge < -0.3 is 16.0 Å². The SMILES string of the molecule is CCCN1C(=O)CCc2cc(NC(=O)C3CC4CCCC(C3)C4N)ccc21. The third-order valence-corrected chi connectivity index (χ3v) is 6.78. The Bertz CT molecular complexity index is 718. The molecule has 2 amide bonds. The molecule has 2 atom stereocenters. The van der Waals surface area contributed by atoms with Crippen molar-refractivity contribution in [1.82, 2.24) is 0 Å². The highest BCUT2D eigenvalue weighted by molar-refractivity contribution is 5.98. The van der Waals surface area contributed by atoms with E-state index < -0.39 is 0 Å². The van der Waals surface area contributed by atoms with Crippen LogP contribution in [-0.2, 0) is 16.0 Å². The Morgan fingerprint density at radius 3 is 2.67 bits per heavy atom. The molecule has 4 rings (SSSR count). The number of carbonyl (C=O) groups is 2. The van der Waals surface area contributed by atoms with Gasteiger partial charge in [0.1, 0.15) is 0 Å². The lowest BCUT2D eigenvalue weighted by atomic mass is 9.65. The van der Waals surface area contributed by atoms with Crippen molar-refractivity contribution in [1.29, 1.82) is 0 Å². The predicted molar refractivity (Wildman–Crippen MR) is 108 cm³/mol. The second-order valence-electron chi connectivity index (χ2n) is 8.57. The van der Waals surface area contributed by atoms with E-state index in [1.165, 1.54) is 19.3 Å². The quantitative estimate of drug-likeness (QED) is 0.853. The molecule has 0 radical (unpaired) electrons. The van der Waals surface area contributed by atoms with Gasteiger partial charge in [-0.1, -0.05) is 13.3 Å². The molecular weight excluding hydrogens is 338 g/mol. The molecule has 2 saturated carbocycles. The smallest absolute Gasteiger partial charge is 0.227 e. The number of fused-ring (bicyclic) bond motifs is 3. The van der Waals surface area contributed by atoms with Gasteiger partial charge in [0, 0.05) is 36.3 Å². The molecule has 0 spiro atoms. The molecule has 0 saturated heterocycles. The Kier molecular flexibility index (Phi) is 5.22. The van der Waals surface area contributed by atoms with Crippen LogP contribution in [0.4, 0.5) is 11.4 Å². The summed E-state index contributed by atoms with van der Waals surface area (Å²) in [6.07, 6.45) is 7.68. The van der Waals surface area contributed by atoms with Gasteiger partial charge in [-0.15, -0.1) is 0 Å². The van der Waals surface area contributed by atoms with Gasteiger partial charge in [-0.3, -0.25) is 9.59 Å². The summed E-state index contributed by atoms with van der Waals surface area (Å²) in [6, 6.07) is 6.27.